The highest BCUT2D eigenvalue weighted by Crippen LogP contribution is 2.36. The van der Waals surface area contributed by atoms with Crippen LogP contribution in [0.1, 0.15) is 30.0 Å². The first-order valence-electron chi connectivity index (χ1n) is 4.94. The van der Waals surface area contributed by atoms with Gasteiger partial charge in [0.25, 0.3) is 0 Å². The summed E-state index contributed by atoms with van der Waals surface area (Å²) in [7, 11) is 1.66. The molecule has 0 aliphatic heterocycles. The van der Waals surface area contributed by atoms with Crippen LogP contribution in [0.3, 0.4) is 0 Å². The standard InChI is InChI=1S/C11H16N2O/c1-14-10-6-8(12)5-7-3-2-4-9(13)11(7)10/h5-6,9H,2-4,12-13H2,1H3/t9-/m0/s1. The molecule has 0 radical (unpaired) electrons. The highest BCUT2D eigenvalue weighted by molar-refractivity contribution is 5.55. The van der Waals surface area contributed by atoms with E-state index in [1.165, 1.54) is 5.56 Å². The summed E-state index contributed by atoms with van der Waals surface area (Å²) in [6.07, 6.45) is 3.23. The number of nitrogen functional groups attached to an aromatic ring is 1. The normalized spacial score (nSPS) is 20.3. The van der Waals surface area contributed by atoms with Crippen molar-refractivity contribution in [3.8, 4) is 5.75 Å². The lowest BCUT2D eigenvalue weighted by Gasteiger charge is -2.24. The summed E-state index contributed by atoms with van der Waals surface area (Å²) < 4.78 is 5.30. The highest BCUT2D eigenvalue weighted by Gasteiger charge is 2.21. The van der Waals surface area contributed by atoms with Gasteiger partial charge in [-0.1, -0.05) is 0 Å². The summed E-state index contributed by atoms with van der Waals surface area (Å²) in [5.74, 6) is 0.840. The quantitative estimate of drug-likeness (QED) is 0.664. The minimum absolute atomic E-state index is 0.106. The number of benzene rings is 1. The topological polar surface area (TPSA) is 61.3 Å². The molecule has 0 aromatic heterocycles. The molecule has 0 spiro atoms. The molecule has 2 rings (SSSR count). The van der Waals surface area contributed by atoms with Gasteiger partial charge in [-0.15, -0.1) is 0 Å². The Morgan fingerprint density at radius 3 is 2.93 bits per heavy atom. The molecule has 0 saturated carbocycles. The van der Waals surface area contributed by atoms with E-state index in [4.69, 9.17) is 16.2 Å². The Bertz CT molecular complexity index is 332. The SMILES string of the molecule is COc1cc(N)cc2c1[C@@H](N)CCC2. The summed E-state index contributed by atoms with van der Waals surface area (Å²) >= 11 is 0. The van der Waals surface area contributed by atoms with Gasteiger partial charge in [-0.25, -0.2) is 0 Å². The Morgan fingerprint density at radius 2 is 2.21 bits per heavy atom. The van der Waals surface area contributed by atoms with E-state index in [9.17, 15) is 0 Å². The van der Waals surface area contributed by atoms with Crippen molar-refractivity contribution in [2.24, 2.45) is 5.73 Å². The maximum absolute atomic E-state index is 6.05. The number of nitrogens with two attached hydrogens (primary N) is 2. The van der Waals surface area contributed by atoms with E-state index in [1.54, 1.807) is 7.11 Å². The van der Waals surface area contributed by atoms with Gasteiger partial charge < -0.3 is 16.2 Å². The molecule has 1 atom stereocenters. The van der Waals surface area contributed by atoms with E-state index >= 15 is 0 Å². The molecular weight excluding hydrogens is 176 g/mol. The van der Waals surface area contributed by atoms with Crippen molar-refractivity contribution in [3.05, 3.63) is 23.3 Å². The monoisotopic (exact) mass is 192 g/mol. The Hall–Kier alpha value is -1.22. The number of hydrogen-bond acceptors (Lipinski definition) is 3. The zero-order chi connectivity index (χ0) is 10.1. The molecule has 1 aromatic carbocycles. The molecule has 0 fully saturated rings. The van der Waals surface area contributed by atoms with Crippen LogP contribution in [0.15, 0.2) is 12.1 Å². The van der Waals surface area contributed by atoms with Crippen LogP contribution >= 0.6 is 0 Å². The van der Waals surface area contributed by atoms with Crippen LogP contribution < -0.4 is 16.2 Å². The van der Waals surface area contributed by atoms with Crippen molar-refractivity contribution < 1.29 is 4.74 Å². The minimum atomic E-state index is 0.106. The van der Waals surface area contributed by atoms with Crippen LogP contribution in [0.5, 0.6) is 5.75 Å². The molecule has 0 bridgehead atoms. The third kappa shape index (κ3) is 1.44. The molecular formula is C11H16N2O. The van der Waals surface area contributed by atoms with Gasteiger partial charge in [0.05, 0.1) is 7.11 Å². The number of anilines is 1. The lowest BCUT2D eigenvalue weighted by molar-refractivity contribution is 0.399. The van der Waals surface area contributed by atoms with E-state index in [0.29, 0.717) is 0 Å². The third-order valence-corrected chi connectivity index (χ3v) is 2.80. The number of rotatable bonds is 1. The van der Waals surface area contributed by atoms with Gasteiger partial charge in [0.2, 0.25) is 0 Å². The van der Waals surface area contributed by atoms with Gasteiger partial charge in [0.1, 0.15) is 5.75 Å². The predicted octanol–water partition coefficient (Wildman–Crippen LogP) is 1.61. The van der Waals surface area contributed by atoms with Crippen molar-refractivity contribution in [1.29, 1.82) is 0 Å². The molecule has 76 valence electrons. The largest absolute Gasteiger partial charge is 0.496 e. The van der Waals surface area contributed by atoms with Crippen molar-refractivity contribution in [3.63, 3.8) is 0 Å². The summed E-state index contributed by atoms with van der Waals surface area (Å²) in [6, 6.07) is 3.97. The minimum Gasteiger partial charge on any atom is -0.496 e. The van der Waals surface area contributed by atoms with E-state index in [0.717, 1.165) is 36.3 Å². The van der Waals surface area contributed by atoms with Gasteiger partial charge in [-0.2, -0.15) is 0 Å². The average molecular weight is 192 g/mol. The van der Waals surface area contributed by atoms with Crippen molar-refractivity contribution >= 4 is 5.69 Å². The Morgan fingerprint density at radius 1 is 1.43 bits per heavy atom. The van der Waals surface area contributed by atoms with Crippen LogP contribution in [-0.4, -0.2) is 7.11 Å². The number of aryl methyl sites for hydroxylation is 1. The second-order valence-corrected chi connectivity index (χ2v) is 3.79. The Balaban J connectivity index is 2.55. The van der Waals surface area contributed by atoms with E-state index in [2.05, 4.69) is 0 Å². The average Bonchev–Trinajstić information content (AvgIpc) is 2.16. The number of hydrogen-bond donors (Lipinski definition) is 2. The molecule has 1 aromatic rings. The van der Waals surface area contributed by atoms with Gasteiger partial charge >= 0.3 is 0 Å². The van der Waals surface area contributed by atoms with E-state index in [1.807, 2.05) is 12.1 Å². The Labute approximate surface area is 84.0 Å². The molecule has 0 unspecified atom stereocenters. The summed E-state index contributed by atoms with van der Waals surface area (Å²) in [4.78, 5) is 0. The fourth-order valence-electron chi connectivity index (χ4n) is 2.16. The highest BCUT2D eigenvalue weighted by atomic mass is 16.5. The molecule has 1 aliphatic rings. The molecule has 1 aliphatic carbocycles. The second-order valence-electron chi connectivity index (χ2n) is 3.79. The van der Waals surface area contributed by atoms with Gasteiger partial charge in [0.15, 0.2) is 0 Å². The van der Waals surface area contributed by atoms with Crippen molar-refractivity contribution in [2.45, 2.75) is 25.3 Å². The zero-order valence-electron chi connectivity index (χ0n) is 8.42. The third-order valence-electron chi connectivity index (χ3n) is 2.80. The second kappa shape index (κ2) is 3.50. The fraction of sp³-hybridized carbons (Fsp3) is 0.455. The van der Waals surface area contributed by atoms with Crippen LogP contribution in [0, 0.1) is 0 Å². The first-order valence-corrected chi connectivity index (χ1v) is 4.94. The van der Waals surface area contributed by atoms with Crippen LogP contribution in [0.4, 0.5) is 5.69 Å². The molecule has 3 heteroatoms. The van der Waals surface area contributed by atoms with Crippen LogP contribution in [-0.2, 0) is 6.42 Å². The lowest BCUT2D eigenvalue weighted by atomic mass is 9.87. The predicted molar refractivity (Wildman–Crippen MR) is 57.3 cm³/mol. The van der Waals surface area contributed by atoms with Crippen molar-refractivity contribution in [1.82, 2.24) is 0 Å². The summed E-state index contributed by atoms with van der Waals surface area (Å²) in [6.45, 7) is 0. The van der Waals surface area contributed by atoms with Crippen molar-refractivity contribution in [2.75, 3.05) is 12.8 Å². The van der Waals surface area contributed by atoms with Gasteiger partial charge in [0, 0.05) is 23.4 Å². The van der Waals surface area contributed by atoms with E-state index in [-0.39, 0.29) is 6.04 Å². The molecule has 0 amide bonds. The maximum Gasteiger partial charge on any atom is 0.125 e. The van der Waals surface area contributed by atoms with E-state index < -0.39 is 0 Å². The molecule has 14 heavy (non-hydrogen) atoms. The fourth-order valence-corrected chi connectivity index (χ4v) is 2.16. The van der Waals surface area contributed by atoms with Crippen LogP contribution in [0.25, 0.3) is 0 Å². The van der Waals surface area contributed by atoms with Crippen LogP contribution in [0.2, 0.25) is 0 Å². The summed E-state index contributed by atoms with van der Waals surface area (Å²) in [5.41, 5.74) is 15.0. The summed E-state index contributed by atoms with van der Waals surface area (Å²) in [5, 5.41) is 0. The van der Waals surface area contributed by atoms with Gasteiger partial charge in [-0.05, 0) is 30.9 Å². The number of methoxy groups -OCH3 is 1. The first kappa shape index (κ1) is 9.34. The number of ether oxygens (including phenoxy) is 1. The van der Waals surface area contributed by atoms with Gasteiger partial charge in [-0.3, -0.25) is 0 Å². The molecule has 4 N–H and O–H groups in total. The number of fused-ring (bicyclic) bond motifs is 1. The Kier molecular flexibility index (Phi) is 2.33. The zero-order valence-corrected chi connectivity index (χ0v) is 8.42. The molecule has 3 nitrogen and oxygen atoms in total. The molecule has 0 heterocycles. The maximum atomic E-state index is 6.05. The first-order chi connectivity index (χ1) is 6.72. The smallest absolute Gasteiger partial charge is 0.125 e. The lowest BCUT2D eigenvalue weighted by Crippen LogP contribution is -2.18. The molecule has 0 saturated heterocycles.